The fraction of sp³-hybridized carbons (Fsp3) is 0.476. The first-order valence-corrected chi connectivity index (χ1v) is 9.52. The number of nitrogens with one attached hydrogen (secondary N) is 1. The smallest absolute Gasteiger partial charge is 0.227 e. The van der Waals surface area contributed by atoms with Gasteiger partial charge in [-0.05, 0) is 49.4 Å². The van der Waals surface area contributed by atoms with E-state index in [0.29, 0.717) is 30.6 Å². The van der Waals surface area contributed by atoms with E-state index in [-0.39, 0.29) is 5.43 Å². The standard InChI is InChI=1S/C21H26N2O3/c24-20-11-19(13-23-10-7-17-3-1-2-4-18(17)12-23)25-15-21(20)26-14-16-5-8-22-9-6-16/h1-4,11,15-16,22H,5-10,12-14H2. The topological polar surface area (TPSA) is 54.7 Å². The molecule has 2 aliphatic heterocycles. The van der Waals surface area contributed by atoms with E-state index in [4.69, 9.17) is 9.15 Å². The first-order valence-electron chi connectivity index (χ1n) is 9.52. The number of hydrogen-bond donors (Lipinski definition) is 1. The van der Waals surface area contributed by atoms with Crippen LogP contribution in [0.2, 0.25) is 0 Å². The molecule has 3 heterocycles. The molecule has 0 amide bonds. The maximum atomic E-state index is 12.3. The summed E-state index contributed by atoms with van der Waals surface area (Å²) in [6, 6.07) is 10.1. The Bertz CT molecular complexity index is 796. The minimum atomic E-state index is -0.0856. The molecule has 138 valence electrons. The SMILES string of the molecule is O=c1cc(CN2CCc3ccccc3C2)occ1OCC1CCNCC1. The summed E-state index contributed by atoms with van der Waals surface area (Å²) in [7, 11) is 0. The molecule has 0 spiro atoms. The van der Waals surface area contributed by atoms with Crippen molar-refractivity contribution in [3.05, 3.63) is 63.7 Å². The van der Waals surface area contributed by atoms with Crippen LogP contribution in [0.5, 0.6) is 5.75 Å². The second-order valence-electron chi connectivity index (χ2n) is 7.31. The Labute approximate surface area is 154 Å². The van der Waals surface area contributed by atoms with Crippen LogP contribution in [-0.2, 0) is 19.5 Å². The van der Waals surface area contributed by atoms with E-state index in [1.54, 1.807) is 6.07 Å². The Balaban J connectivity index is 1.35. The van der Waals surface area contributed by atoms with E-state index in [1.807, 2.05) is 0 Å². The lowest BCUT2D eigenvalue weighted by molar-refractivity contribution is 0.202. The number of ether oxygens (including phenoxy) is 1. The third kappa shape index (κ3) is 4.17. The number of rotatable bonds is 5. The summed E-state index contributed by atoms with van der Waals surface area (Å²) in [5.41, 5.74) is 2.70. The number of nitrogens with zero attached hydrogens (tertiary/aromatic N) is 1. The molecule has 5 heteroatoms. The Kier molecular flexibility index (Phi) is 5.37. The second-order valence-corrected chi connectivity index (χ2v) is 7.31. The highest BCUT2D eigenvalue weighted by Crippen LogP contribution is 2.20. The number of hydrogen-bond acceptors (Lipinski definition) is 5. The van der Waals surface area contributed by atoms with Crippen LogP contribution in [0.4, 0.5) is 0 Å². The van der Waals surface area contributed by atoms with Crippen LogP contribution in [0.1, 0.15) is 29.7 Å². The Hall–Kier alpha value is -2.11. The summed E-state index contributed by atoms with van der Waals surface area (Å²) in [4.78, 5) is 14.7. The van der Waals surface area contributed by atoms with Crippen molar-refractivity contribution in [2.45, 2.75) is 32.4 Å². The van der Waals surface area contributed by atoms with Gasteiger partial charge in [-0.15, -0.1) is 0 Å². The van der Waals surface area contributed by atoms with Crippen LogP contribution < -0.4 is 15.5 Å². The van der Waals surface area contributed by atoms with Crippen molar-refractivity contribution in [1.29, 1.82) is 0 Å². The van der Waals surface area contributed by atoms with E-state index >= 15 is 0 Å². The van der Waals surface area contributed by atoms with Crippen LogP contribution in [0.25, 0.3) is 0 Å². The summed E-state index contributed by atoms with van der Waals surface area (Å²) in [6.45, 7) is 5.18. The number of benzene rings is 1. The molecule has 1 saturated heterocycles. The predicted octanol–water partition coefficient (Wildman–Crippen LogP) is 2.58. The van der Waals surface area contributed by atoms with Gasteiger partial charge in [0.25, 0.3) is 0 Å². The lowest BCUT2D eigenvalue weighted by atomic mass is 9.99. The molecule has 1 N–H and O–H groups in total. The molecular weight excluding hydrogens is 328 g/mol. The molecule has 1 aromatic heterocycles. The molecule has 0 radical (unpaired) electrons. The fourth-order valence-corrected chi connectivity index (χ4v) is 3.79. The van der Waals surface area contributed by atoms with Crippen molar-refractivity contribution < 1.29 is 9.15 Å². The van der Waals surface area contributed by atoms with Crippen molar-refractivity contribution in [1.82, 2.24) is 10.2 Å². The number of piperidine rings is 1. The molecule has 0 aliphatic carbocycles. The molecule has 0 unspecified atom stereocenters. The van der Waals surface area contributed by atoms with Crippen molar-refractivity contribution >= 4 is 0 Å². The van der Waals surface area contributed by atoms with Gasteiger partial charge in [0, 0.05) is 19.2 Å². The Morgan fingerprint density at radius 3 is 2.81 bits per heavy atom. The van der Waals surface area contributed by atoms with Gasteiger partial charge in [-0.3, -0.25) is 9.69 Å². The summed E-state index contributed by atoms with van der Waals surface area (Å²) in [6.07, 6.45) is 4.72. The first kappa shape index (κ1) is 17.3. The van der Waals surface area contributed by atoms with Gasteiger partial charge >= 0.3 is 0 Å². The average Bonchev–Trinajstić information content (AvgIpc) is 2.68. The van der Waals surface area contributed by atoms with Crippen molar-refractivity contribution in [3.8, 4) is 5.75 Å². The van der Waals surface area contributed by atoms with Gasteiger partial charge in [0.1, 0.15) is 12.0 Å². The largest absolute Gasteiger partial charge is 0.486 e. The lowest BCUT2D eigenvalue weighted by Crippen LogP contribution is -2.31. The molecule has 26 heavy (non-hydrogen) atoms. The van der Waals surface area contributed by atoms with E-state index in [2.05, 4.69) is 34.5 Å². The zero-order chi connectivity index (χ0) is 17.8. The molecule has 0 bridgehead atoms. The summed E-state index contributed by atoms with van der Waals surface area (Å²) < 4.78 is 11.4. The zero-order valence-electron chi connectivity index (χ0n) is 15.1. The maximum Gasteiger partial charge on any atom is 0.227 e. The molecule has 5 nitrogen and oxygen atoms in total. The van der Waals surface area contributed by atoms with Crippen LogP contribution in [-0.4, -0.2) is 31.1 Å². The van der Waals surface area contributed by atoms with E-state index in [9.17, 15) is 4.79 Å². The van der Waals surface area contributed by atoms with Crippen molar-refractivity contribution in [2.75, 3.05) is 26.2 Å². The van der Waals surface area contributed by atoms with Gasteiger partial charge in [0.15, 0.2) is 0 Å². The molecule has 1 aromatic carbocycles. The lowest BCUT2D eigenvalue weighted by Gasteiger charge is -2.28. The maximum absolute atomic E-state index is 12.3. The van der Waals surface area contributed by atoms with E-state index < -0.39 is 0 Å². The van der Waals surface area contributed by atoms with Gasteiger partial charge in [-0.2, -0.15) is 0 Å². The predicted molar refractivity (Wildman–Crippen MR) is 100 cm³/mol. The number of fused-ring (bicyclic) bond motifs is 1. The van der Waals surface area contributed by atoms with Crippen molar-refractivity contribution in [3.63, 3.8) is 0 Å². The third-order valence-electron chi connectivity index (χ3n) is 5.37. The van der Waals surface area contributed by atoms with Crippen molar-refractivity contribution in [2.24, 2.45) is 5.92 Å². The highest BCUT2D eigenvalue weighted by atomic mass is 16.5. The van der Waals surface area contributed by atoms with Crippen LogP contribution in [0, 0.1) is 5.92 Å². The van der Waals surface area contributed by atoms with Gasteiger partial charge in [0.2, 0.25) is 11.2 Å². The Morgan fingerprint density at radius 1 is 1.19 bits per heavy atom. The van der Waals surface area contributed by atoms with Gasteiger partial charge in [-0.25, -0.2) is 0 Å². The molecule has 4 rings (SSSR count). The molecule has 2 aromatic rings. The monoisotopic (exact) mass is 354 g/mol. The minimum Gasteiger partial charge on any atom is -0.486 e. The van der Waals surface area contributed by atoms with E-state index in [1.165, 1.54) is 17.4 Å². The molecule has 1 fully saturated rings. The van der Waals surface area contributed by atoms with Crippen LogP contribution in [0.3, 0.4) is 0 Å². The van der Waals surface area contributed by atoms with Crippen LogP contribution >= 0.6 is 0 Å². The summed E-state index contributed by atoms with van der Waals surface area (Å²) >= 11 is 0. The first-order chi connectivity index (χ1) is 12.8. The summed E-state index contributed by atoms with van der Waals surface area (Å²) in [5.74, 6) is 1.55. The van der Waals surface area contributed by atoms with Crippen LogP contribution in [0.15, 0.2) is 45.8 Å². The fourth-order valence-electron chi connectivity index (χ4n) is 3.79. The average molecular weight is 354 g/mol. The van der Waals surface area contributed by atoms with Gasteiger partial charge < -0.3 is 14.5 Å². The van der Waals surface area contributed by atoms with Gasteiger partial charge in [-0.1, -0.05) is 24.3 Å². The highest BCUT2D eigenvalue weighted by molar-refractivity contribution is 5.29. The molecule has 0 saturated carbocycles. The minimum absolute atomic E-state index is 0.0856. The van der Waals surface area contributed by atoms with Gasteiger partial charge in [0.05, 0.1) is 13.2 Å². The third-order valence-corrected chi connectivity index (χ3v) is 5.37. The molecular formula is C21H26N2O3. The normalized spacial score (nSPS) is 18.5. The Morgan fingerprint density at radius 2 is 2.00 bits per heavy atom. The zero-order valence-corrected chi connectivity index (χ0v) is 15.1. The second kappa shape index (κ2) is 8.06. The molecule has 0 atom stereocenters. The quantitative estimate of drug-likeness (QED) is 0.894. The summed E-state index contributed by atoms with van der Waals surface area (Å²) in [5, 5.41) is 3.34. The molecule has 2 aliphatic rings. The highest BCUT2D eigenvalue weighted by Gasteiger charge is 2.18. The van der Waals surface area contributed by atoms with E-state index in [0.717, 1.165) is 45.4 Å².